The number of halogens is 1. The van der Waals surface area contributed by atoms with Crippen molar-refractivity contribution in [3.8, 4) is 0 Å². The van der Waals surface area contributed by atoms with Gasteiger partial charge in [0.25, 0.3) is 0 Å². The Balaban J connectivity index is 1.30. The lowest BCUT2D eigenvalue weighted by atomic mass is 10.1. The third-order valence-electron chi connectivity index (χ3n) is 5.72. The summed E-state index contributed by atoms with van der Waals surface area (Å²) in [6.45, 7) is 1.94. The Morgan fingerprint density at radius 1 is 1.24 bits per heavy atom. The van der Waals surface area contributed by atoms with Crippen LogP contribution in [-0.4, -0.2) is 49.2 Å². The quantitative estimate of drug-likeness (QED) is 0.607. The van der Waals surface area contributed by atoms with Crippen LogP contribution in [-0.2, 0) is 21.2 Å². The number of hydrogen-bond acceptors (Lipinski definition) is 6. The molecule has 1 aliphatic heterocycles. The fourth-order valence-electron chi connectivity index (χ4n) is 4.05. The molecule has 1 aromatic heterocycles. The minimum atomic E-state index is -3.74. The summed E-state index contributed by atoms with van der Waals surface area (Å²) in [5.41, 5.74) is 0. The molecule has 1 aliphatic carbocycles. The van der Waals surface area contributed by atoms with Gasteiger partial charge in [-0.25, -0.2) is 12.8 Å². The van der Waals surface area contributed by atoms with Crippen molar-refractivity contribution < 1.29 is 22.1 Å². The van der Waals surface area contributed by atoms with Gasteiger partial charge >= 0.3 is 0 Å². The third kappa shape index (κ3) is 4.84. The van der Waals surface area contributed by atoms with E-state index in [1.165, 1.54) is 48.2 Å². The molecule has 0 radical (unpaired) electrons. The molecule has 4 rings (SSSR count). The molecule has 2 aliphatic rings. The molecule has 9 heteroatoms. The van der Waals surface area contributed by atoms with Crippen LogP contribution >= 0.6 is 0 Å². The van der Waals surface area contributed by atoms with Gasteiger partial charge < -0.3 is 9.26 Å². The number of aromatic nitrogens is 2. The highest BCUT2D eigenvalue weighted by molar-refractivity contribution is 7.89. The lowest BCUT2D eigenvalue weighted by molar-refractivity contribution is 0.102. The van der Waals surface area contributed by atoms with E-state index in [0.717, 1.165) is 12.7 Å². The van der Waals surface area contributed by atoms with Crippen molar-refractivity contribution in [1.29, 1.82) is 0 Å². The first kappa shape index (κ1) is 20.4. The van der Waals surface area contributed by atoms with Crippen LogP contribution in [0.1, 0.15) is 49.7 Å². The topological polar surface area (TPSA) is 85.5 Å². The van der Waals surface area contributed by atoms with Crippen LogP contribution in [0.2, 0.25) is 0 Å². The van der Waals surface area contributed by atoms with Crippen molar-refractivity contribution in [2.45, 2.75) is 49.3 Å². The van der Waals surface area contributed by atoms with E-state index < -0.39 is 15.8 Å². The zero-order valence-electron chi connectivity index (χ0n) is 16.3. The molecular weight excluding hydrogens is 397 g/mol. The maximum Gasteiger partial charge on any atom is 0.243 e. The number of rotatable bonds is 8. The Hall–Kier alpha value is -1.84. The fraction of sp³-hybridized carbons (Fsp3) is 0.600. The maximum atomic E-state index is 13.4. The van der Waals surface area contributed by atoms with Crippen molar-refractivity contribution in [2.75, 3.05) is 26.3 Å². The zero-order valence-corrected chi connectivity index (χ0v) is 17.1. The number of sulfonamides is 1. The summed E-state index contributed by atoms with van der Waals surface area (Å²) >= 11 is 0. The smallest absolute Gasteiger partial charge is 0.243 e. The van der Waals surface area contributed by atoms with Crippen LogP contribution < -0.4 is 0 Å². The summed E-state index contributed by atoms with van der Waals surface area (Å²) in [5.74, 6) is 0.989. The monoisotopic (exact) mass is 423 g/mol. The van der Waals surface area contributed by atoms with Gasteiger partial charge in [-0.2, -0.15) is 9.29 Å². The Labute approximate surface area is 170 Å². The van der Waals surface area contributed by atoms with Crippen LogP contribution in [0.3, 0.4) is 0 Å². The Morgan fingerprint density at radius 2 is 2.07 bits per heavy atom. The van der Waals surface area contributed by atoms with Crippen LogP contribution in [0.15, 0.2) is 33.7 Å². The number of ether oxygens (including phenoxy) is 1. The predicted molar refractivity (Wildman–Crippen MR) is 103 cm³/mol. The molecule has 158 valence electrons. The highest BCUT2D eigenvalue weighted by atomic mass is 32.2. The summed E-state index contributed by atoms with van der Waals surface area (Å²) in [6, 6.07) is 5.07. The SMILES string of the molecule is O=S(=O)(c1cccc(F)c1)N1CCC(c2nc(CCOCC3CCCC3)no2)C1. The average molecular weight is 424 g/mol. The van der Waals surface area contributed by atoms with E-state index in [-0.39, 0.29) is 17.4 Å². The van der Waals surface area contributed by atoms with Crippen molar-refractivity contribution >= 4 is 10.0 Å². The molecule has 7 nitrogen and oxygen atoms in total. The largest absolute Gasteiger partial charge is 0.381 e. The van der Waals surface area contributed by atoms with Crippen molar-refractivity contribution in [3.05, 3.63) is 41.8 Å². The van der Waals surface area contributed by atoms with Crippen molar-refractivity contribution in [3.63, 3.8) is 0 Å². The maximum absolute atomic E-state index is 13.4. The summed E-state index contributed by atoms with van der Waals surface area (Å²) in [4.78, 5) is 4.39. The Bertz CT molecular complexity index is 927. The summed E-state index contributed by atoms with van der Waals surface area (Å²) in [5, 5.41) is 4.00. The highest BCUT2D eigenvalue weighted by Crippen LogP contribution is 2.30. The van der Waals surface area contributed by atoms with Gasteiger partial charge in [0.15, 0.2) is 5.82 Å². The highest BCUT2D eigenvalue weighted by Gasteiger charge is 2.36. The van der Waals surface area contributed by atoms with Crippen LogP contribution in [0, 0.1) is 11.7 Å². The molecule has 2 fully saturated rings. The normalized spacial score (nSPS) is 21.2. The predicted octanol–water partition coefficient (Wildman–Crippen LogP) is 3.14. The summed E-state index contributed by atoms with van der Waals surface area (Å²) < 4.78 is 51.3. The van der Waals surface area contributed by atoms with Gasteiger partial charge in [-0.1, -0.05) is 24.1 Å². The molecule has 1 saturated heterocycles. The van der Waals surface area contributed by atoms with Gasteiger partial charge in [-0.05, 0) is 43.4 Å². The van der Waals surface area contributed by atoms with E-state index in [4.69, 9.17) is 9.26 Å². The fourth-order valence-corrected chi connectivity index (χ4v) is 5.58. The first-order valence-corrected chi connectivity index (χ1v) is 11.6. The van der Waals surface area contributed by atoms with Gasteiger partial charge in [-0.15, -0.1) is 0 Å². The zero-order chi connectivity index (χ0) is 20.3. The van der Waals surface area contributed by atoms with Gasteiger partial charge in [0.2, 0.25) is 15.9 Å². The second-order valence-electron chi connectivity index (χ2n) is 7.83. The van der Waals surface area contributed by atoms with E-state index in [9.17, 15) is 12.8 Å². The molecule has 29 heavy (non-hydrogen) atoms. The lowest BCUT2D eigenvalue weighted by Crippen LogP contribution is -2.28. The van der Waals surface area contributed by atoms with E-state index >= 15 is 0 Å². The molecular formula is C20H26FN3O4S. The third-order valence-corrected chi connectivity index (χ3v) is 7.58. The number of nitrogens with zero attached hydrogens (tertiary/aromatic N) is 3. The van der Waals surface area contributed by atoms with Crippen LogP contribution in [0.4, 0.5) is 4.39 Å². The summed E-state index contributed by atoms with van der Waals surface area (Å²) in [7, 11) is -3.74. The van der Waals surface area contributed by atoms with Crippen LogP contribution in [0.5, 0.6) is 0 Å². The minimum Gasteiger partial charge on any atom is -0.381 e. The Kier molecular flexibility index (Phi) is 6.26. The second kappa shape index (κ2) is 8.89. The minimum absolute atomic E-state index is 0.0382. The summed E-state index contributed by atoms with van der Waals surface area (Å²) in [6.07, 6.45) is 6.28. The molecule has 0 bridgehead atoms. The van der Waals surface area contributed by atoms with Crippen molar-refractivity contribution in [1.82, 2.24) is 14.4 Å². The molecule has 0 N–H and O–H groups in total. The average Bonchev–Trinajstić information content (AvgIpc) is 3.46. The van der Waals surface area contributed by atoms with E-state index in [1.807, 2.05) is 0 Å². The molecule has 1 atom stereocenters. The molecule has 0 amide bonds. The van der Waals surface area contributed by atoms with Crippen LogP contribution in [0.25, 0.3) is 0 Å². The Morgan fingerprint density at radius 3 is 2.86 bits per heavy atom. The lowest BCUT2D eigenvalue weighted by Gasteiger charge is -2.15. The number of hydrogen-bond donors (Lipinski definition) is 0. The van der Waals surface area contributed by atoms with Gasteiger partial charge in [0.1, 0.15) is 5.82 Å². The van der Waals surface area contributed by atoms with Gasteiger partial charge in [0.05, 0.1) is 17.4 Å². The molecule has 1 aromatic carbocycles. The number of benzene rings is 1. The first-order chi connectivity index (χ1) is 14.0. The standard InChI is InChI=1S/C20H26FN3O4S/c21-17-6-3-7-18(12-17)29(25,26)24-10-8-16(13-24)20-22-19(23-28-20)9-11-27-14-15-4-1-2-5-15/h3,6-7,12,15-16H,1-2,4-5,8-11,13-14H2. The first-order valence-electron chi connectivity index (χ1n) is 10.2. The van der Waals surface area contributed by atoms with E-state index in [0.29, 0.717) is 43.6 Å². The molecule has 1 unspecified atom stereocenters. The molecule has 2 heterocycles. The van der Waals surface area contributed by atoms with Gasteiger partial charge in [-0.3, -0.25) is 0 Å². The van der Waals surface area contributed by atoms with Crippen molar-refractivity contribution in [2.24, 2.45) is 5.92 Å². The van der Waals surface area contributed by atoms with E-state index in [2.05, 4.69) is 10.1 Å². The molecule has 2 aromatic rings. The molecule has 1 saturated carbocycles. The molecule has 0 spiro atoms. The van der Waals surface area contributed by atoms with E-state index in [1.54, 1.807) is 0 Å². The second-order valence-corrected chi connectivity index (χ2v) is 9.77. The van der Waals surface area contributed by atoms with Gasteiger partial charge in [0, 0.05) is 26.1 Å².